The third kappa shape index (κ3) is 4.34. The summed E-state index contributed by atoms with van der Waals surface area (Å²) in [6, 6.07) is 5.00. The van der Waals surface area contributed by atoms with E-state index in [-0.39, 0.29) is 5.56 Å². The molecule has 108 valence electrons. The second-order valence-corrected chi connectivity index (χ2v) is 4.67. The molecular formula is C13H15FN2O4. The summed E-state index contributed by atoms with van der Waals surface area (Å²) in [5.41, 5.74) is -1.35. The number of rotatable bonds is 5. The van der Waals surface area contributed by atoms with Crippen LogP contribution in [-0.2, 0) is 9.59 Å². The van der Waals surface area contributed by atoms with E-state index in [4.69, 9.17) is 5.11 Å². The molecule has 0 aliphatic rings. The zero-order valence-corrected chi connectivity index (χ0v) is 11.1. The molecule has 0 heterocycles. The summed E-state index contributed by atoms with van der Waals surface area (Å²) in [6.45, 7) is 2.25. The Morgan fingerprint density at radius 3 is 2.50 bits per heavy atom. The molecule has 7 heteroatoms. The molecule has 0 bridgehead atoms. The molecule has 0 aromatic heterocycles. The fraction of sp³-hybridized carbons (Fsp3) is 0.308. The lowest BCUT2D eigenvalue weighted by Crippen LogP contribution is -2.52. The number of benzene rings is 1. The number of aliphatic carboxylic acids is 1. The summed E-state index contributed by atoms with van der Waals surface area (Å²) in [5.74, 6) is -3.02. The van der Waals surface area contributed by atoms with Gasteiger partial charge in [-0.05, 0) is 32.0 Å². The van der Waals surface area contributed by atoms with E-state index in [1.165, 1.54) is 32.0 Å². The number of hydrogen-bond donors (Lipinski definition) is 3. The SMILES string of the molecule is CC(C)(NC(=O)CNC(=O)c1cccc(F)c1)C(=O)O. The van der Waals surface area contributed by atoms with E-state index >= 15 is 0 Å². The van der Waals surface area contributed by atoms with Crippen molar-refractivity contribution in [3.63, 3.8) is 0 Å². The highest BCUT2D eigenvalue weighted by atomic mass is 19.1. The van der Waals surface area contributed by atoms with Crippen molar-refractivity contribution >= 4 is 17.8 Å². The van der Waals surface area contributed by atoms with Crippen LogP contribution in [0.4, 0.5) is 4.39 Å². The van der Waals surface area contributed by atoms with Crippen LogP contribution in [0.3, 0.4) is 0 Å². The molecule has 0 saturated carbocycles. The topological polar surface area (TPSA) is 95.5 Å². The molecule has 0 atom stereocenters. The Morgan fingerprint density at radius 2 is 1.95 bits per heavy atom. The maximum absolute atomic E-state index is 12.9. The van der Waals surface area contributed by atoms with Crippen molar-refractivity contribution in [1.29, 1.82) is 0 Å². The van der Waals surface area contributed by atoms with Gasteiger partial charge in [-0.15, -0.1) is 0 Å². The highest BCUT2D eigenvalue weighted by molar-refractivity contribution is 5.97. The van der Waals surface area contributed by atoms with Crippen LogP contribution in [0, 0.1) is 5.82 Å². The Balaban J connectivity index is 2.53. The average molecular weight is 282 g/mol. The standard InChI is InChI=1S/C13H15FN2O4/c1-13(2,12(19)20)16-10(17)7-15-11(18)8-4-3-5-9(14)6-8/h3-6H,7H2,1-2H3,(H,15,18)(H,16,17)(H,19,20). The van der Waals surface area contributed by atoms with Crippen LogP contribution >= 0.6 is 0 Å². The molecule has 1 aromatic rings. The van der Waals surface area contributed by atoms with Gasteiger partial charge in [0.15, 0.2) is 0 Å². The van der Waals surface area contributed by atoms with Gasteiger partial charge in [0.25, 0.3) is 5.91 Å². The van der Waals surface area contributed by atoms with Crippen molar-refractivity contribution in [1.82, 2.24) is 10.6 Å². The minimum atomic E-state index is -1.43. The van der Waals surface area contributed by atoms with Crippen molar-refractivity contribution in [3.05, 3.63) is 35.6 Å². The van der Waals surface area contributed by atoms with Gasteiger partial charge in [-0.2, -0.15) is 0 Å². The van der Waals surface area contributed by atoms with E-state index in [0.717, 1.165) is 6.07 Å². The Kier molecular flexibility index (Phi) is 4.79. The largest absolute Gasteiger partial charge is 0.480 e. The Morgan fingerprint density at radius 1 is 1.30 bits per heavy atom. The average Bonchev–Trinajstić information content (AvgIpc) is 2.35. The van der Waals surface area contributed by atoms with Crippen LogP contribution < -0.4 is 10.6 Å². The van der Waals surface area contributed by atoms with Crippen LogP contribution in [-0.4, -0.2) is 35.0 Å². The maximum Gasteiger partial charge on any atom is 0.328 e. The Bertz CT molecular complexity index is 543. The van der Waals surface area contributed by atoms with Crippen LogP contribution in [0.15, 0.2) is 24.3 Å². The van der Waals surface area contributed by atoms with Gasteiger partial charge >= 0.3 is 5.97 Å². The fourth-order valence-corrected chi connectivity index (χ4v) is 1.34. The van der Waals surface area contributed by atoms with Gasteiger partial charge in [0, 0.05) is 5.56 Å². The van der Waals surface area contributed by atoms with Gasteiger partial charge in [0.2, 0.25) is 5.91 Å². The molecule has 0 unspecified atom stereocenters. The first-order valence-electron chi connectivity index (χ1n) is 5.80. The molecular weight excluding hydrogens is 267 g/mol. The second-order valence-electron chi connectivity index (χ2n) is 4.67. The van der Waals surface area contributed by atoms with Crippen LogP contribution in [0.25, 0.3) is 0 Å². The van der Waals surface area contributed by atoms with Gasteiger partial charge in [-0.3, -0.25) is 9.59 Å². The van der Waals surface area contributed by atoms with Gasteiger partial charge in [-0.1, -0.05) is 6.07 Å². The fourth-order valence-electron chi connectivity index (χ4n) is 1.34. The van der Waals surface area contributed by atoms with Gasteiger partial charge in [0.05, 0.1) is 6.54 Å². The first-order valence-corrected chi connectivity index (χ1v) is 5.80. The van der Waals surface area contributed by atoms with Crippen LogP contribution in [0.5, 0.6) is 0 Å². The van der Waals surface area contributed by atoms with Crippen molar-refractivity contribution in [2.24, 2.45) is 0 Å². The third-order valence-electron chi connectivity index (χ3n) is 2.48. The number of halogens is 1. The van der Waals surface area contributed by atoms with Crippen molar-refractivity contribution in [2.45, 2.75) is 19.4 Å². The summed E-state index contributed by atoms with van der Waals surface area (Å²) in [5, 5.41) is 13.4. The second kappa shape index (κ2) is 6.14. The van der Waals surface area contributed by atoms with Crippen molar-refractivity contribution < 1.29 is 23.9 Å². The first kappa shape index (κ1) is 15.6. The zero-order valence-electron chi connectivity index (χ0n) is 11.1. The monoisotopic (exact) mass is 282 g/mol. The summed E-state index contributed by atoms with van der Waals surface area (Å²) in [7, 11) is 0. The lowest BCUT2D eigenvalue weighted by Gasteiger charge is -2.20. The van der Waals surface area contributed by atoms with Gasteiger partial charge in [0.1, 0.15) is 11.4 Å². The van der Waals surface area contributed by atoms with E-state index in [1.807, 2.05) is 0 Å². The Labute approximate surface area is 115 Å². The number of carbonyl (C=O) groups excluding carboxylic acids is 2. The summed E-state index contributed by atoms with van der Waals surface area (Å²) >= 11 is 0. The highest BCUT2D eigenvalue weighted by Gasteiger charge is 2.28. The summed E-state index contributed by atoms with van der Waals surface area (Å²) in [6.07, 6.45) is 0. The number of carbonyl (C=O) groups is 3. The number of nitrogens with one attached hydrogen (secondary N) is 2. The predicted octanol–water partition coefficient (Wildman–Crippen LogP) is 0.535. The van der Waals surface area contributed by atoms with E-state index in [9.17, 15) is 18.8 Å². The third-order valence-corrected chi connectivity index (χ3v) is 2.48. The summed E-state index contributed by atoms with van der Waals surface area (Å²) in [4.78, 5) is 33.9. The van der Waals surface area contributed by atoms with Crippen molar-refractivity contribution in [2.75, 3.05) is 6.54 Å². The smallest absolute Gasteiger partial charge is 0.328 e. The highest BCUT2D eigenvalue weighted by Crippen LogP contribution is 2.03. The molecule has 20 heavy (non-hydrogen) atoms. The molecule has 6 nitrogen and oxygen atoms in total. The van der Waals surface area contributed by atoms with Crippen LogP contribution in [0.2, 0.25) is 0 Å². The molecule has 0 spiro atoms. The number of amides is 2. The van der Waals surface area contributed by atoms with Crippen molar-refractivity contribution in [3.8, 4) is 0 Å². The molecule has 0 aliphatic carbocycles. The molecule has 1 rings (SSSR count). The number of hydrogen-bond acceptors (Lipinski definition) is 3. The molecule has 0 radical (unpaired) electrons. The molecule has 0 aliphatic heterocycles. The lowest BCUT2D eigenvalue weighted by molar-refractivity contribution is -0.145. The minimum Gasteiger partial charge on any atom is -0.480 e. The number of carboxylic acid groups (broad SMARTS) is 1. The maximum atomic E-state index is 12.9. The lowest BCUT2D eigenvalue weighted by atomic mass is 10.1. The molecule has 1 aromatic carbocycles. The molecule has 0 fully saturated rings. The summed E-state index contributed by atoms with van der Waals surface area (Å²) < 4.78 is 12.9. The number of carboxylic acids is 1. The van der Waals surface area contributed by atoms with E-state index < -0.39 is 35.7 Å². The quantitative estimate of drug-likeness (QED) is 0.734. The Hall–Kier alpha value is -2.44. The van der Waals surface area contributed by atoms with E-state index in [1.54, 1.807) is 0 Å². The predicted molar refractivity (Wildman–Crippen MR) is 68.6 cm³/mol. The zero-order chi connectivity index (χ0) is 15.3. The molecule has 3 N–H and O–H groups in total. The minimum absolute atomic E-state index is 0.0790. The van der Waals surface area contributed by atoms with Gasteiger partial charge < -0.3 is 15.7 Å². The molecule has 0 saturated heterocycles. The van der Waals surface area contributed by atoms with E-state index in [2.05, 4.69) is 10.6 Å². The van der Waals surface area contributed by atoms with Crippen LogP contribution in [0.1, 0.15) is 24.2 Å². The molecule has 2 amide bonds. The first-order chi connectivity index (χ1) is 9.22. The van der Waals surface area contributed by atoms with Gasteiger partial charge in [-0.25, -0.2) is 9.18 Å². The normalized spacial score (nSPS) is 10.8. The van der Waals surface area contributed by atoms with E-state index in [0.29, 0.717) is 0 Å².